The van der Waals surface area contributed by atoms with E-state index in [1.54, 1.807) is 21.3 Å². The molecule has 3 rings (SSSR count). The van der Waals surface area contributed by atoms with E-state index in [-0.39, 0.29) is 0 Å². The zero-order valence-electron chi connectivity index (χ0n) is 12.3. The summed E-state index contributed by atoms with van der Waals surface area (Å²) < 4.78 is 15.9. The molecule has 0 saturated carbocycles. The average molecular weight is 283 g/mol. The third-order valence-electron chi connectivity index (χ3n) is 3.49. The number of hydrogen-bond acceptors (Lipinski definition) is 3. The fraction of sp³-hybridized carbons (Fsp3) is 0.176. The van der Waals surface area contributed by atoms with Crippen molar-refractivity contribution in [3.8, 4) is 28.5 Å². The zero-order valence-corrected chi connectivity index (χ0v) is 12.3. The minimum Gasteiger partial charge on any atom is -0.497 e. The highest BCUT2D eigenvalue weighted by molar-refractivity contribution is 5.87. The number of benzene rings is 2. The first-order valence-corrected chi connectivity index (χ1v) is 6.63. The van der Waals surface area contributed by atoms with E-state index >= 15 is 0 Å². The quantitative estimate of drug-likeness (QED) is 0.790. The molecule has 0 aliphatic rings. The Kier molecular flexibility index (Phi) is 3.44. The van der Waals surface area contributed by atoms with Crippen LogP contribution in [-0.4, -0.2) is 26.3 Å². The molecule has 3 aromatic rings. The van der Waals surface area contributed by atoms with Crippen molar-refractivity contribution >= 4 is 10.9 Å². The third kappa shape index (κ3) is 2.52. The van der Waals surface area contributed by atoms with Gasteiger partial charge < -0.3 is 19.2 Å². The van der Waals surface area contributed by atoms with Crippen LogP contribution in [0.4, 0.5) is 0 Å². The molecule has 0 spiro atoms. The predicted octanol–water partition coefficient (Wildman–Crippen LogP) is 3.86. The van der Waals surface area contributed by atoms with Crippen LogP contribution in [0, 0.1) is 0 Å². The van der Waals surface area contributed by atoms with Gasteiger partial charge in [-0.2, -0.15) is 0 Å². The summed E-state index contributed by atoms with van der Waals surface area (Å²) in [5, 5.41) is 1.13. The molecule has 1 aromatic heterocycles. The Morgan fingerprint density at radius 1 is 0.714 bits per heavy atom. The van der Waals surface area contributed by atoms with Crippen LogP contribution in [-0.2, 0) is 0 Å². The molecule has 0 amide bonds. The number of aromatic nitrogens is 1. The van der Waals surface area contributed by atoms with E-state index in [2.05, 4.69) is 11.1 Å². The molecule has 0 unspecified atom stereocenters. The van der Waals surface area contributed by atoms with Crippen LogP contribution in [0.2, 0.25) is 0 Å². The predicted molar refractivity (Wildman–Crippen MR) is 83.4 cm³/mol. The Morgan fingerprint density at radius 3 is 2.00 bits per heavy atom. The molecule has 0 atom stereocenters. The lowest BCUT2D eigenvalue weighted by molar-refractivity contribution is 0.394. The van der Waals surface area contributed by atoms with Crippen molar-refractivity contribution in [1.29, 1.82) is 0 Å². The van der Waals surface area contributed by atoms with Crippen molar-refractivity contribution in [2.24, 2.45) is 0 Å². The van der Waals surface area contributed by atoms with E-state index in [1.807, 2.05) is 36.4 Å². The molecule has 0 fully saturated rings. The molecule has 0 aliphatic carbocycles. The first-order chi connectivity index (χ1) is 10.2. The maximum Gasteiger partial charge on any atom is 0.123 e. The van der Waals surface area contributed by atoms with Crippen LogP contribution in [0.25, 0.3) is 22.2 Å². The van der Waals surface area contributed by atoms with Crippen LogP contribution in [0.15, 0.2) is 42.5 Å². The van der Waals surface area contributed by atoms with Gasteiger partial charge in [-0.15, -0.1) is 0 Å². The maximum atomic E-state index is 5.32. The van der Waals surface area contributed by atoms with Gasteiger partial charge in [0.2, 0.25) is 0 Å². The summed E-state index contributed by atoms with van der Waals surface area (Å²) in [5.41, 5.74) is 3.06. The molecule has 0 aliphatic heterocycles. The smallest absolute Gasteiger partial charge is 0.123 e. The fourth-order valence-electron chi connectivity index (χ4n) is 2.35. The van der Waals surface area contributed by atoms with E-state index in [0.717, 1.165) is 39.4 Å². The number of fused-ring (bicyclic) bond motifs is 1. The minimum absolute atomic E-state index is 0.764. The Labute approximate surface area is 123 Å². The summed E-state index contributed by atoms with van der Waals surface area (Å²) in [6.45, 7) is 0. The van der Waals surface area contributed by atoms with Gasteiger partial charge in [0.1, 0.15) is 17.2 Å². The van der Waals surface area contributed by atoms with Gasteiger partial charge in [-0.1, -0.05) is 0 Å². The molecular formula is C17H17NO3. The van der Waals surface area contributed by atoms with Crippen molar-refractivity contribution < 1.29 is 14.2 Å². The second kappa shape index (κ2) is 5.40. The van der Waals surface area contributed by atoms with Crippen LogP contribution in [0.1, 0.15) is 0 Å². The van der Waals surface area contributed by atoms with Crippen molar-refractivity contribution in [2.45, 2.75) is 0 Å². The molecule has 108 valence electrons. The van der Waals surface area contributed by atoms with Crippen LogP contribution in [0.5, 0.6) is 17.2 Å². The van der Waals surface area contributed by atoms with Gasteiger partial charge in [-0.25, -0.2) is 0 Å². The number of methoxy groups -OCH3 is 3. The highest BCUT2D eigenvalue weighted by Crippen LogP contribution is 2.32. The number of rotatable bonds is 4. The van der Waals surface area contributed by atoms with Crippen molar-refractivity contribution in [2.75, 3.05) is 21.3 Å². The van der Waals surface area contributed by atoms with Crippen LogP contribution in [0.3, 0.4) is 0 Å². The van der Waals surface area contributed by atoms with Gasteiger partial charge in [0.25, 0.3) is 0 Å². The molecule has 0 bridgehead atoms. The highest BCUT2D eigenvalue weighted by atomic mass is 16.5. The summed E-state index contributed by atoms with van der Waals surface area (Å²) in [5.74, 6) is 2.36. The lowest BCUT2D eigenvalue weighted by Crippen LogP contribution is -1.88. The van der Waals surface area contributed by atoms with E-state index in [4.69, 9.17) is 14.2 Å². The molecule has 2 aromatic carbocycles. The molecule has 0 radical (unpaired) electrons. The molecular weight excluding hydrogens is 266 g/mol. The minimum atomic E-state index is 0.764. The second-order valence-electron chi connectivity index (χ2n) is 4.74. The molecule has 4 heteroatoms. The van der Waals surface area contributed by atoms with Gasteiger partial charge in [0.15, 0.2) is 0 Å². The number of nitrogens with one attached hydrogen (secondary N) is 1. The zero-order chi connectivity index (χ0) is 14.8. The standard InChI is InChI=1S/C17H17NO3/c1-19-13-5-4-11-8-16(18-17(11)10-13)12-6-14(20-2)9-15(7-12)21-3/h4-10,18H,1-3H3. The Morgan fingerprint density at radius 2 is 1.38 bits per heavy atom. The monoisotopic (exact) mass is 283 g/mol. The van der Waals surface area contributed by atoms with Gasteiger partial charge >= 0.3 is 0 Å². The molecule has 4 nitrogen and oxygen atoms in total. The van der Waals surface area contributed by atoms with E-state index in [1.165, 1.54) is 0 Å². The molecule has 1 heterocycles. The van der Waals surface area contributed by atoms with Gasteiger partial charge in [0.05, 0.1) is 21.3 Å². The van der Waals surface area contributed by atoms with E-state index in [9.17, 15) is 0 Å². The molecule has 21 heavy (non-hydrogen) atoms. The topological polar surface area (TPSA) is 43.5 Å². The van der Waals surface area contributed by atoms with Crippen molar-refractivity contribution in [3.05, 3.63) is 42.5 Å². The summed E-state index contributed by atoms with van der Waals surface area (Å²) in [7, 11) is 4.96. The Bertz CT molecular complexity index is 755. The molecule has 0 saturated heterocycles. The number of ether oxygens (including phenoxy) is 3. The fourth-order valence-corrected chi connectivity index (χ4v) is 2.35. The Balaban J connectivity index is 2.11. The average Bonchev–Trinajstić information content (AvgIpc) is 2.97. The normalized spacial score (nSPS) is 10.6. The van der Waals surface area contributed by atoms with Crippen LogP contribution < -0.4 is 14.2 Å². The lowest BCUT2D eigenvalue weighted by Gasteiger charge is -2.07. The third-order valence-corrected chi connectivity index (χ3v) is 3.49. The second-order valence-corrected chi connectivity index (χ2v) is 4.74. The Hall–Kier alpha value is -2.62. The van der Waals surface area contributed by atoms with Gasteiger partial charge in [-0.3, -0.25) is 0 Å². The summed E-state index contributed by atoms with van der Waals surface area (Å²) in [6, 6.07) is 13.9. The van der Waals surface area contributed by atoms with Crippen LogP contribution >= 0.6 is 0 Å². The van der Waals surface area contributed by atoms with E-state index in [0.29, 0.717) is 0 Å². The lowest BCUT2D eigenvalue weighted by atomic mass is 10.1. The largest absolute Gasteiger partial charge is 0.497 e. The van der Waals surface area contributed by atoms with E-state index < -0.39 is 0 Å². The summed E-state index contributed by atoms with van der Waals surface area (Å²) in [6.07, 6.45) is 0. The van der Waals surface area contributed by atoms with Gasteiger partial charge in [0, 0.05) is 34.3 Å². The number of hydrogen-bond donors (Lipinski definition) is 1. The number of H-pyrrole nitrogens is 1. The first kappa shape index (κ1) is 13.4. The summed E-state index contributed by atoms with van der Waals surface area (Å²) in [4.78, 5) is 3.40. The van der Waals surface area contributed by atoms with Crippen molar-refractivity contribution in [1.82, 2.24) is 4.98 Å². The maximum absolute atomic E-state index is 5.32. The van der Waals surface area contributed by atoms with Crippen molar-refractivity contribution in [3.63, 3.8) is 0 Å². The van der Waals surface area contributed by atoms with Gasteiger partial charge in [-0.05, 0) is 30.3 Å². The first-order valence-electron chi connectivity index (χ1n) is 6.63. The molecule has 1 N–H and O–H groups in total. The highest BCUT2D eigenvalue weighted by Gasteiger charge is 2.08. The number of aromatic amines is 1. The SMILES string of the molecule is COc1cc(OC)cc(-c2cc3ccc(OC)cc3[nH]2)c1. The summed E-state index contributed by atoms with van der Waals surface area (Å²) >= 11 is 0.